The highest BCUT2D eigenvalue weighted by Crippen LogP contribution is 2.31. The molecule has 0 atom stereocenters. The van der Waals surface area contributed by atoms with Crippen molar-refractivity contribution in [1.29, 1.82) is 5.26 Å². The Morgan fingerprint density at radius 2 is 2.14 bits per heavy atom. The number of hydrogen-bond donors (Lipinski definition) is 0. The summed E-state index contributed by atoms with van der Waals surface area (Å²) in [5.41, 5.74) is 2.30. The number of nitriles is 1. The lowest BCUT2D eigenvalue weighted by molar-refractivity contribution is -0.137. The number of nitrogens with zero attached hydrogens (tertiary/aromatic N) is 5. The minimum absolute atomic E-state index is 0.266. The molecule has 3 aromatic rings. The Hall–Kier alpha value is -3.22. The van der Waals surface area contributed by atoms with Crippen LogP contribution >= 0.6 is 23.1 Å². The summed E-state index contributed by atoms with van der Waals surface area (Å²) in [5, 5.41) is 24.7. The Bertz CT molecular complexity index is 1140. The molecule has 0 radical (unpaired) electrons. The van der Waals surface area contributed by atoms with E-state index in [1.54, 1.807) is 53.3 Å². The molecule has 0 fully saturated rings. The van der Waals surface area contributed by atoms with Crippen LogP contribution in [0.4, 0.5) is 0 Å². The topological polar surface area (TPSA) is 93.2 Å². The van der Waals surface area contributed by atoms with E-state index in [1.807, 2.05) is 17.5 Å². The monoisotopic (exact) mass is 421 g/mol. The van der Waals surface area contributed by atoms with Gasteiger partial charge in [0.15, 0.2) is 5.82 Å². The van der Waals surface area contributed by atoms with Crippen LogP contribution < -0.4 is 0 Å². The first-order valence-corrected chi connectivity index (χ1v) is 10.7. The minimum Gasteiger partial charge on any atom is -0.462 e. The van der Waals surface area contributed by atoms with E-state index in [2.05, 4.69) is 21.4 Å². The maximum absolute atomic E-state index is 12.7. The number of thiophene rings is 1. The summed E-state index contributed by atoms with van der Waals surface area (Å²) in [4.78, 5) is 13.6. The molecule has 7 nitrogen and oxygen atoms in total. The minimum atomic E-state index is -0.439. The Balaban J connectivity index is 1.76. The number of thioether (sulfide) groups is 1. The Morgan fingerprint density at radius 1 is 1.31 bits per heavy atom. The predicted molar refractivity (Wildman–Crippen MR) is 113 cm³/mol. The summed E-state index contributed by atoms with van der Waals surface area (Å²) in [6.45, 7) is 2.03. The number of carbonyl (C=O) groups excluding carboxylic acids is 1. The molecular weight excluding hydrogens is 406 g/mol. The van der Waals surface area contributed by atoms with E-state index in [9.17, 15) is 4.79 Å². The zero-order valence-electron chi connectivity index (χ0n) is 15.4. The number of fused-ring (bicyclic) bond motifs is 1. The standard InChI is InChI=1S/C20H15N5O2S2/c1-2-27-19(26)15(10-13-5-7-14(11-21)8-6-13)16-12-29-20-23-22-18(25(20)24-16)17-4-3-9-28-17/h3-10H,2,12H2,1H3/b15-10-. The number of aromatic nitrogens is 3. The van der Waals surface area contributed by atoms with Crippen LogP contribution in [-0.2, 0) is 9.53 Å². The zero-order chi connectivity index (χ0) is 20.2. The Morgan fingerprint density at radius 3 is 2.83 bits per heavy atom. The first kappa shape index (κ1) is 19.1. The molecule has 1 aliphatic rings. The quantitative estimate of drug-likeness (QED) is 0.459. The molecule has 4 rings (SSSR count). The number of esters is 1. The average molecular weight is 422 g/mol. The normalized spacial score (nSPS) is 13.4. The summed E-state index contributed by atoms with van der Waals surface area (Å²) in [7, 11) is 0. The van der Waals surface area contributed by atoms with Gasteiger partial charge in [-0.2, -0.15) is 15.0 Å². The summed E-state index contributed by atoms with van der Waals surface area (Å²) in [6.07, 6.45) is 1.73. The number of ether oxygens (including phenoxy) is 1. The number of carbonyl (C=O) groups is 1. The lowest BCUT2D eigenvalue weighted by atomic mass is 10.1. The van der Waals surface area contributed by atoms with E-state index in [0.717, 1.165) is 10.4 Å². The molecule has 0 spiro atoms. The van der Waals surface area contributed by atoms with Gasteiger partial charge in [0.05, 0.1) is 34.4 Å². The van der Waals surface area contributed by atoms with E-state index < -0.39 is 5.97 Å². The average Bonchev–Trinajstić information content (AvgIpc) is 3.41. The van der Waals surface area contributed by atoms with Crippen molar-refractivity contribution in [2.45, 2.75) is 12.1 Å². The molecule has 0 amide bonds. The Kier molecular flexibility index (Phi) is 5.55. The first-order valence-electron chi connectivity index (χ1n) is 8.79. The van der Waals surface area contributed by atoms with Gasteiger partial charge in [0.25, 0.3) is 0 Å². The highest BCUT2D eigenvalue weighted by Gasteiger charge is 2.25. The maximum atomic E-state index is 12.7. The molecule has 0 saturated heterocycles. The van der Waals surface area contributed by atoms with Crippen molar-refractivity contribution in [3.8, 4) is 16.8 Å². The second-order valence-corrected chi connectivity index (χ2v) is 7.83. The molecule has 29 heavy (non-hydrogen) atoms. The third-order valence-electron chi connectivity index (χ3n) is 4.07. The van der Waals surface area contributed by atoms with Gasteiger partial charge in [-0.25, -0.2) is 4.79 Å². The van der Waals surface area contributed by atoms with Crippen molar-refractivity contribution < 1.29 is 9.53 Å². The van der Waals surface area contributed by atoms with Crippen molar-refractivity contribution in [3.63, 3.8) is 0 Å². The van der Waals surface area contributed by atoms with Gasteiger partial charge in [-0.3, -0.25) is 0 Å². The first-order chi connectivity index (χ1) is 14.2. The molecule has 0 N–H and O–H groups in total. The zero-order valence-corrected chi connectivity index (χ0v) is 17.0. The van der Waals surface area contributed by atoms with Crippen LogP contribution in [0.5, 0.6) is 0 Å². The SMILES string of the molecule is CCOC(=O)/C(=C\c1ccc(C#N)cc1)C1=Nn2c(nnc2-c2cccs2)SC1. The van der Waals surface area contributed by atoms with E-state index in [-0.39, 0.29) is 6.61 Å². The van der Waals surface area contributed by atoms with Gasteiger partial charge in [0.1, 0.15) is 0 Å². The number of rotatable bonds is 5. The fourth-order valence-electron chi connectivity index (χ4n) is 2.71. The fraction of sp³-hybridized carbons (Fsp3) is 0.150. The van der Waals surface area contributed by atoms with Crippen LogP contribution in [0.3, 0.4) is 0 Å². The molecule has 0 unspecified atom stereocenters. The highest BCUT2D eigenvalue weighted by molar-refractivity contribution is 7.99. The number of benzene rings is 1. The van der Waals surface area contributed by atoms with E-state index in [4.69, 9.17) is 10.00 Å². The molecule has 1 aromatic carbocycles. The highest BCUT2D eigenvalue weighted by atomic mass is 32.2. The molecule has 144 valence electrons. The lowest BCUT2D eigenvalue weighted by Crippen LogP contribution is -2.21. The summed E-state index contributed by atoms with van der Waals surface area (Å²) >= 11 is 3.02. The van der Waals surface area contributed by atoms with E-state index in [1.165, 1.54) is 11.8 Å². The van der Waals surface area contributed by atoms with Gasteiger partial charge < -0.3 is 4.74 Å². The van der Waals surface area contributed by atoms with Gasteiger partial charge in [-0.15, -0.1) is 21.5 Å². The van der Waals surface area contributed by atoms with Gasteiger partial charge in [-0.05, 0) is 42.1 Å². The van der Waals surface area contributed by atoms with Gasteiger partial charge >= 0.3 is 5.97 Å². The van der Waals surface area contributed by atoms with Crippen LogP contribution in [0.25, 0.3) is 16.8 Å². The molecule has 0 saturated carbocycles. The van der Waals surface area contributed by atoms with Crippen LogP contribution in [-0.4, -0.2) is 38.9 Å². The van der Waals surface area contributed by atoms with Crippen LogP contribution in [0.1, 0.15) is 18.1 Å². The summed E-state index contributed by atoms with van der Waals surface area (Å²) in [6, 6.07) is 13.0. The molecule has 3 heterocycles. The summed E-state index contributed by atoms with van der Waals surface area (Å²) in [5.74, 6) is 0.676. The Labute approximate surface area is 175 Å². The third kappa shape index (κ3) is 3.99. The maximum Gasteiger partial charge on any atom is 0.340 e. The number of hydrogen-bond acceptors (Lipinski definition) is 8. The fourth-order valence-corrected chi connectivity index (χ4v) is 4.23. The van der Waals surface area contributed by atoms with Gasteiger partial charge in [0, 0.05) is 5.75 Å². The summed E-state index contributed by atoms with van der Waals surface area (Å²) < 4.78 is 6.93. The van der Waals surface area contributed by atoms with Gasteiger partial charge in [0.2, 0.25) is 5.16 Å². The predicted octanol–water partition coefficient (Wildman–Crippen LogP) is 3.83. The smallest absolute Gasteiger partial charge is 0.340 e. The van der Waals surface area contributed by atoms with Crippen molar-refractivity contribution in [2.24, 2.45) is 5.10 Å². The van der Waals surface area contributed by atoms with Crippen molar-refractivity contribution in [1.82, 2.24) is 14.9 Å². The second-order valence-electron chi connectivity index (χ2n) is 5.94. The van der Waals surface area contributed by atoms with E-state index >= 15 is 0 Å². The molecule has 0 bridgehead atoms. The van der Waals surface area contributed by atoms with E-state index in [0.29, 0.717) is 33.6 Å². The molecule has 0 aliphatic carbocycles. The molecule has 2 aromatic heterocycles. The molecule has 1 aliphatic heterocycles. The van der Waals surface area contributed by atoms with Crippen LogP contribution in [0, 0.1) is 11.3 Å². The van der Waals surface area contributed by atoms with Crippen molar-refractivity contribution in [3.05, 3.63) is 58.5 Å². The molecule has 9 heteroatoms. The van der Waals surface area contributed by atoms with Gasteiger partial charge in [-0.1, -0.05) is 30.0 Å². The van der Waals surface area contributed by atoms with Crippen LogP contribution in [0.15, 0.2) is 57.6 Å². The van der Waals surface area contributed by atoms with Crippen LogP contribution in [0.2, 0.25) is 0 Å². The second kappa shape index (κ2) is 8.43. The largest absolute Gasteiger partial charge is 0.462 e. The van der Waals surface area contributed by atoms with Crippen molar-refractivity contribution in [2.75, 3.05) is 12.4 Å². The third-order valence-corrected chi connectivity index (χ3v) is 5.87. The lowest BCUT2D eigenvalue weighted by Gasteiger charge is -2.15. The molecular formula is C20H15N5O2S2. The van der Waals surface area contributed by atoms with Crippen molar-refractivity contribution >= 4 is 40.9 Å².